The monoisotopic (exact) mass is 149 g/mol. The van der Waals surface area contributed by atoms with Gasteiger partial charge in [-0.15, -0.1) is 5.10 Å². The van der Waals surface area contributed by atoms with Crippen molar-refractivity contribution in [3.8, 4) is 0 Å². The van der Waals surface area contributed by atoms with E-state index in [-0.39, 0.29) is 0 Å². The molecule has 0 radical (unpaired) electrons. The Labute approximate surface area is 50.6 Å². The molecule has 0 aliphatic heterocycles. The van der Waals surface area contributed by atoms with Crippen molar-refractivity contribution in [3.63, 3.8) is 0 Å². The van der Waals surface area contributed by atoms with E-state index in [9.17, 15) is 8.42 Å². The molecule has 6 nitrogen and oxygen atoms in total. The molecule has 0 saturated heterocycles. The summed E-state index contributed by atoms with van der Waals surface area (Å²) in [4.78, 5) is 0. The van der Waals surface area contributed by atoms with Crippen LogP contribution in [0.25, 0.3) is 0 Å². The van der Waals surface area contributed by atoms with Crippen LogP contribution in [0.4, 0.5) is 0 Å². The maximum Gasteiger partial charge on any atom is 0.315 e. The topological polar surface area (TPSA) is 95.9 Å². The zero-order valence-corrected chi connectivity index (χ0v) is 4.96. The van der Waals surface area contributed by atoms with E-state index in [0.717, 1.165) is 6.20 Å². The van der Waals surface area contributed by atoms with E-state index in [1.165, 1.54) is 0 Å². The van der Waals surface area contributed by atoms with Gasteiger partial charge in [-0.05, 0) is 0 Å². The molecule has 0 saturated carbocycles. The number of hydrogen-bond acceptors (Lipinski definition) is 4. The fourth-order valence-electron chi connectivity index (χ4n) is 0.317. The van der Waals surface area contributed by atoms with Gasteiger partial charge in [-0.2, -0.15) is 8.42 Å². The summed E-state index contributed by atoms with van der Waals surface area (Å²) in [5, 5.41) is 7.78. The molecule has 1 aromatic rings. The van der Waals surface area contributed by atoms with E-state index < -0.39 is 15.1 Å². The Kier molecular flexibility index (Phi) is 1.22. The smallest absolute Gasteiger partial charge is 0.281 e. The zero-order valence-electron chi connectivity index (χ0n) is 4.14. The van der Waals surface area contributed by atoms with Crippen molar-refractivity contribution in [3.05, 3.63) is 6.20 Å². The zero-order chi connectivity index (χ0) is 6.91. The highest BCUT2D eigenvalue weighted by Crippen LogP contribution is 1.97. The minimum absolute atomic E-state index is 0.470. The third-order valence-electron chi connectivity index (χ3n) is 0.659. The lowest BCUT2D eigenvalue weighted by atomic mass is 11.0. The van der Waals surface area contributed by atoms with Crippen molar-refractivity contribution in [2.24, 2.45) is 0 Å². The molecule has 0 fully saturated rings. The van der Waals surface area contributed by atoms with E-state index in [4.69, 9.17) is 4.55 Å². The van der Waals surface area contributed by atoms with Gasteiger partial charge in [0.05, 0.1) is 6.20 Å². The van der Waals surface area contributed by atoms with Gasteiger partial charge in [0, 0.05) is 0 Å². The molecular weight excluding hydrogens is 146 g/mol. The van der Waals surface area contributed by atoms with Gasteiger partial charge in [0.25, 0.3) is 0 Å². The van der Waals surface area contributed by atoms with Gasteiger partial charge in [0.15, 0.2) is 0 Å². The van der Waals surface area contributed by atoms with Crippen LogP contribution in [0.15, 0.2) is 11.2 Å². The second kappa shape index (κ2) is 1.78. The Bertz CT molecular complexity index is 274. The molecular formula is C2H3N3O3S. The predicted octanol–water partition coefficient (Wildman–Crippen LogP) is -0.949. The van der Waals surface area contributed by atoms with Gasteiger partial charge >= 0.3 is 10.1 Å². The van der Waals surface area contributed by atoms with Crippen LogP contribution < -0.4 is 0 Å². The van der Waals surface area contributed by atoms with Crippen LogP contribution in [-0.2, 0) is 10.1 Å². The van der Waals surface area contributed by atoms with Crippen LogP contribution in [0.3, 0.4) is 0 Å². The quantitative estimate of drug-likeness (QED) is 0.502. The van der Waals surface area contributed by atoms with Crippen molar-refractivity contribution in [2.45, 2.75) is 5.03 Å². The van der Waals surface area contributed by atoms with Gasteiger partial charge in [0.2, 0.25) is 5.03 Å². The first-order valence-electron chi connectivity index (χ1n) is 1.94. The van der Waals surface area contributed by atoms with Gasteiger partial charge in [0.1, 0.15) is 0 Å². The second-order valence-electron chi connectivity index (χ2n) is 1.29. The van der Waals surface area contributed by atoms with E-state index >= 15 is 0 Å². The van der Waals surface area contributed by atoms with Gasteiger partial charge in [-0.3, -0.25) is 9.65 Å². The molecule has 1 rings (SSSR count). The first kappa shape index (κ1) is 6.17. The molecule has 0 unspecified atom stereocenters. The fraction of sp³-hybridized carbons (Fsp3) is 0. The molecule has 0 aromatic carbocycles. The molecule has 0 spiro atoms. The molecule has 2 N–H and O–H groups in total. The van der Waals surface area contributed by atoms with Gasteiger partial charge in [-0.1, -0.05) is 5.21 Å². The molecule has 1 aromatic heterocycles. The van der Waals surface area contributed by atoms with Gasteiger partial charge in [-0.25, -0.2) is 0 Å². The number of aromatic amines is 1. The lowest BCUT2D eigenvalue weighted by Crippen LogP contribution is -1.97. The summed E-state index contributed by atoms with van der Waals surface area (Å²) in [7, 11) is -4.16. The van der Waals surface area contributed by atoms with E-state index in [1.807, 2.05) is 0 Å². The minimum atomic E-state index is -4.16. The normalized spacial score (nSPS) is 11.7. The average Bonchev–Trinajstić information content (AvgIpc) is 2.08. The van der Waals surface area contributed by atoms with Crippen molar-refractivity contribution in [1.29, 1.82) is 0 Å². The Morgan fingerprint density at radius 1 is 1.67 bits per heavy atom. The lowest BCUT2D eigenvalue weighted by Gasteiger charge is -1.81. The van der Waals surface area contributed by atoms with Crippen molar-refractivity contribution >= 4 is 10.1 Å². The summed E-state index contributed by atoms with van der Waals surface area (Å²) in [6.07, 6.45) is 0.981. The summed E-state index contributed by atoms with van der Waals surface area (Å²) in [6, 6.07) is 0. The average molecular weight is 149 g/mol. The molecule has 0 aliphatic rings. The Balaban J connectivity index is 3.20. The van der Waals surface area contributed by atoms with Crippen LogP contribution in [0.1, 0.15) is 0 Å². The molecule has 0 aliphatic carbocycles. The molecule has 0 bridgehead atoms. The van der Waals surface area contributed by atoms with Crippen LogP contribution in [0, 0.1) is 0 Å². The molecule has 1 heterocycles. The molecule has 7 heteroatoms. The summed E-state index contributed by atoms with van der Waals surface area (Å²) < 4.78 is 28.5. The van der Waals surface area contributed by atoms with Crippen molar-refractivity contribution < 1.29 is 13.0 Å². The van der Waals surface area contributed by atoms with Gasteiger partial charge < -0.3 is 0 Å². The molecule has 0 amide bonds. The number of rotatable bonds is 1. The first-order valence-corrected chi connectivity index (χ1v) is 3.38. The first-order chi connectivity index (χ1) is 4.11. The standard InChI is InChI=1S/C2H3N3O3S/c6-9(7,8)2-1-3-5-4-2/h1H,(H,3,4,5)(H,6,7,8). The Hall–Kier alpha value is -0.950. The van der Waals surface area contributed by atoms with E-state index in [2.05, 4.69) is 15.4 Å². The molecule has 50 valence electrons. The molecule has 9 heavy (non-hydrogen) atoms. The number of H-pyrrole nitrogens is 1. The number of nitrogens with zero attached hydrogens (tertiary/aromatic N) is 2. The van der Waals surface area contributed by atoms with Crippen LogP contribution in [-0.4, -0.2) is 28.4 Å². The highest BCUT2D eigenvalue weighted by molar-refractivity contribution is 7.85. The maximum absolute atomic E-state index is 10.1. The van der Waals surface area contributed by atoms with Crippen molar-refractivity contribution in [2.75, 3.05) is 0 Å². The lowest BCUT2D eigenvalue weighted by molar-refractivity contribution is 0.479. The van der Waals surface area contributed by atoms with E-state index in [0.29, 0.717) is 0 Å². The third-order valence-corrected chi connectivity index (χ3v) is 1.39. The Morgan fingerprint density at radius 2 is 2.33 bits per heavy atom. The van der Waals surface area contributed by atoms with Crippen LogP contribution in [0.5, 0.6) is 0 Å². The van der Waals surface area contributed by atoms with E-state index in [1.54, 1.807) is 0 Å². The summed E-state index contributed by atoms with van der Waals surface area (Å²) in [5.74, 6) is 0. The highest BCUT2D eigenvalue weighted by atomic mass is 32.2. The largest absolute Gasteiger partial charge is 0.315 e. The fourth-order valence-corrected chi connectivity index (χ4v) is 0.663. The minimum Gasteiger partial charge on any atom is -0.281 e. The summed E-state index contributed by atoms with van der Waals surface area (Å²) in [5.41, 5.74) is 0. The second-order valence-corrected chi connectivity index (χ2v) is 2.66. The molecule has 0 atom stereocenters. The maximum atomic E-state index is 10.1. The Morgan fingerprint density at radius 3 is 2.56 bits per heavy atom. The number of nitrogens with one attached hydrogen (secondary N) is 1. The highest BCUT2D eigenvalue weighted by Gasteiger charge is 2.10. The summed E-state index contributed by atoms with van der Waals surface area (Å²) >= 11 is 0. The summed E-state index contributed by atoms with van der Waals surface area (Å²) in [6.45, 7) is 0. The third kappa shape index (κ3) is 1.24. The SMILES string of the molecule is O=S(=O)(O)c1c[nH]nn1. The van der Waals surface area contributed by atoms with Crippen molar-refractivity contribution in [1.82, 2.24) is 15.4 Å². The van der Waals surface area contributed by atoms with Crippen LogP contribution in [0.2, 0.25) is 0 Å². The number of hydrogen-bond donors (Lipinski definition) is 2. The number of aromatic nitrogens is 3. The van der Waals surface area contributed by atoms with Crippen LogP contribution >= 0.6 is 0 Å². The predicted molar refractivity (Wildman–Crippen MR) is 26.2 cm³/mol.